The molecule has 1 heterocycles. The zero-order valence-electron chi connectivity index (χ0n) is 13.2. The predicted octanol–water partition coefficient (Wildman–Crippen LogP) is 2.70. The van der Waals surface area contributed by atoms with Crippen molar-refractivity contribution in [1.29, 1.82) is 0 Å². The minimum absolute atomic E-state index is 0.0441. The summed E-state index contributed by atoms with van der Waals surface area (Å²) < 4.78 is 31.0. The van der Waals surface area contributed by atoms with E-state index in [-0.39, 0.29) is 11.7 Å². The first-order valence-electron chi connectivity index (χ1n) is 7.16. The molecular weight excluding hydrogens is 318 g/mol. The molecule has 0 aliphatic carbocycles. The minimum Gasteiger partial charge on any atom is -0.361 e. The van der Waals surface area contributed by atoms with E-state index in [0.717, 1.165) is 5.56 Å². The number of nitrogens with one attached hydrogen (secondary N) is 2. The molecule has 7 nitrogen and oxygen atoms in total. The molecule has 2 aromatic rings. The quantitative estimate of drug-likeness (QED) is 0.844. The second kappa shape index (κ2) is 6.82. The molecule has 1 amide bonds. The number of benzene rings is 1. The van der Waals surface area contributed by atoms with Crippen LogP contribution >= 0.6 is 0 Å². The number of aromatic nitrogens is 1. The lowest BCUT2D eigenvalue weighted by Crippen LogP contribution is -2.17. The number of sulfonamides is 1. The van der Waals surface area contributed by atoms with Gasteiger partial charge in [0, 0.05) is 5.69 Å². The van der Waals surface area contributed by atoms with Crippen LogP contribution in [-0.2, 0) is 10.0 Å². The third-order valence-electron chi connectivity index (χ3n) is 3.23. The molecular formula is C15H19N3O4S. The van der Waals surface area contributed by atoms with E-state index in [1.165, 1.54) is 6.20 Å². The van der Waals surface area contributed by atoms with Gasteiger partial charge >= 0.3 is 0 Å². The van der Waals surface area contributed by atoms with Crippen molar-refractivity contribution < 1.29 is 17.7 Å². The van der Waals surface area contributed by atoms with Gasteiger partial charge in [-0.1, -0.05) is 18.1 Å². The molecule has 0 saturated carbocycles. The summed E-state index contributed by atoms with van der Waals surface area (Å²) >= 11 is 0. The molecule has 1 aromatic heterocycles. The Morgan fingerprint density at radius 2 is 2.04 bits per heavy atom. The molecule has 8 heteroatoms. The maximum absolute atomic E-state index is 12.2. The van der Waals surface area contributed by atoms with Gasteiger partial charge in [-0.15, -0.1) is 0 Å². The lowest BCUT2D eigenvalue weighted by molar-refractivity contribution is 0.102. The van der Waals surface area contributed by atoms with Gasteiger partial charge in [-0.3, -0.25) is 9.52 Å². The van der Waals surface area contributed by atoms with E-state index in [4.69, 9.17) is 4.52 Å². The third-order valence-corrected chi connectivity index (χ3v) is 4.72. The van der Waals surface area contributed by atoms with E-state index < -0.39 is 10.0 Å². The van der Waals surface area contributed by atoms with Gasteiger partial charge in [0.15, 0.2) is 0 Å². The number of nitrogens with zero attached hydrogens (tertiary/aromatic N) is 1. The van der Waals surface area contributed by atoms with E-state index in [2.05, 4.69) is 15.2 Å². The highest BCUT2D eigenvalue weighted by atomic mass is 32.2. The molecule has 124 valence electrons. The first kappa shape index (κ1) is 17.0. The normalized spacial score (nSPS) is 11.3. The van der Waals surface area contributed by atoms with Crippen LogP contribution in [0.15, 0.2) is 28.9 Å². The Bertz CT molecular complexity index is 812. The number of hydrogen-bond donors (Lipinski definition) is 2. The summed E-state index contributed by atoms with van der Waals surface area (Å²) in [6.07, 6.45) is 1.87. The maximum atomic E-state index is 12.2. The van der Waals surface area contributed by atoms with Crippen molar-refractivity contribution in [1.82, 2.24) is 5.16 Å². The largest absolute Gasteiger partial charge is 0.361 e. The van der Waals surface area contributed by atoms with Crippen molar-refractivity contribution in [2.75, 3.05) is 15.8 Å². The molecule has 23 heavy (non-hydrogen) atoms. The number of amides is 1. The van der Waals surface area contributed by atoms with Gasteiger partial charge in [0.05, 0.1) is 17.6 Å². The van der Waals surface area contributed by atoms with E-state index in [1.807, 2.05) is 6.92 Å². The average Bonchev–Trinajstić information content (AvgIpc) is 2.88. The molecule has 0 atom stereocenters. The standard InChI is InChI=1S/C15H19N3O4S/c1-4-7-23(20,21)18-12-6-5-10(2)14(8-12)17-15(19)13-9-16-22-11(13)3/h5-6,8-9,18H,4,7H2,1-3H3,(H,17,19). The Labute approximate surface area is 135 Å². The predicted molar refractivity (Wildman–Crippen MR) is 88.1 cm³/mol. The Morgan fingerprint density at radius 3 is 2.65 bits per heavy atom. The summed E-state index contributed by atoms with van der Waals surface area (Å²) in [6, 6.07) is 4.98. The minimum atomic E-state index is -3.38. The monoisotopic (exact) mass is 337 g/mol. The molecule has 2 N–H and O–H groups in total. The van der Waals surface area contributed by atoms with Crippen LogP contribution in [0.25, 0.3) is 0 Å². The van der Waals surface area contributed by atoms with Crippen LogP contribution in [-0.4, -0.2) is 25.2 Å². The fraction of sp³-hybridized carbons (Fsp3) is 0.333. The zero-order valence-corrected chi connectivity index (χ0v) is 14.0. The number of hydrogen-bond acceptors (Lipinski definition) is 5. The number of anilines is 2. The van der Waals surface area contributed by atoms with E-state index in [1.54, 1.807) is 32.0 Å². The fourth-order valence-electron chi connectivity index (χ4n) is 2.03. The second-order valence-corrected chi connectivity index (χ2v) is 7.04. The summed E-state index contributed by atoms with van der Waals surface area (Å²) in [5, 5.41) is 6.30. The lowest BCUT2D eigenvalue weighted by atomic mass is 10.1. The Hall–Kier alpha value is -2.35. The fourth-order valence-corrected chi connectivity index (χ4v) is 3.15. The number of carbonyl (C=O) groups excluding carboxylic acids is 1. The van der Waals surface area contributed by atoms with Crippen molar-refractivity contribution in [3.05, 3.63) is 41.3 Å². The smallest absolute Gasteiger partial charge is 0.260 e. The molecule has 0 unspecified atom stereocenters. The van der Waals surface area contributed by atoms with E-state index >= 15 is 0 Å². The average molecular weight is 337 g/mol. The Morgan fingerprint density at radius 1 is 1.30 bits per heavy atom. The molecule has 0 fully saturated rings. The first-order chi connectivity index (χ1) is 10.8. The van der Waals surface area contributed by atoms with Gasteiger partial charge in [0.2, 0.25) is 10.0 Å². The van der Waals surface area contributed by atoms with Crippen LogP contribution in [0.4, 0.5) is 11.4 Å². The van der Waals surface area contributed by atoms with Crippen LogP contribution in [0, 0.1) is 13.8 Å². The van der Waals surface area contributed by atoms with Crippen molar-refractivity contribution in [3.8, 4) is 0 Å². The van der Waals surface area contributed by atoms with Crippen LogP contribution in [0.1, 0.15) is 35.0 Å². The molecule has 1 aromatic carbocycles. The van der Waals surface area contributed by atoms with Crippen LogP contribution in [0.5, 0.6) is 0 Å². The van der Waals surface area contributed by atoms with Gasteiger partial charge in [-0.05, 0) is 38.0 Å². The van der Waals surface area contributed by atoms with Crippen molar-refractivity contribution in [2.24, 2.45) is 0 Å². The Balaban J connectivity index is 2.21. The molecule has 0 bridgehead atoms. The van der Waals surface area contributed by atoms with E-state index in [9.17, 15) is 13.2 Å². The van der Waals surface area contributed by atoms with Gasteiger partial charge in [-0.25, -0.2) is 8.42 Å². The SMILES string of the molecule is CCCS(=O)(=O)Nc1ccc(C)c(NC(=O)c2cnoc2C)c1. The zero-order chi connectivity index (χ0) is 17.0. The number of rotatable bonds is 6. The summed E-state index contributed by atoms with van der Waals surface area (Å²) in [7, 11) is -3.38. The maximum Gasteiger partial charge on any atom is 0.260 e. The number of carbonyl (C=O) groups is 1. The highest BCUT2D eigenvalue weighted by Gasteiger charge is 2.15. The summed E-state index contributed by atoms with van der Waals surface area (Å²) in [4.78, 5) is 12.2. The topological polar surface area (TPSA) is 101 Å². The summed E-state index contributed by atoms with van der Waals surface area (Å²) in [5.74, 6) is 0.1000. The second-order valence-electron chi connectivity index (χ2n) is 5.20. The van der Waals surface area contributed by atoms with Gasteiger partial charge < -0.3 is 9.84 Å². The summed E-state index contributed by atoms with van der Waals surface area (Å²) in [6.45, 7) is 5.26. The van der Waals surface area contributed by atoms with Crippen molar-refractivity contribution in [3.63, 3.8) is 0 Å². The van der Waals surface area contributed by atoms with Crippen LogP contribution < -0.4 is 10.0 Å². The molecule has 0 radical (unpaired) electrons. The lowest BCUT2D eigenvalue weighted by Gasteiger charge is -2.12. The molecule has 0 aliphatic rings. The van der Waals surface area contributed by atoms with Gasteiger partial charge in [-0.2, -0.15) is 0 Å². The number of aryl methyl sites for hydroxylation is 2. The van der Waals surface area contributed by atoms with Crippen LogP contribution in [0.2, 0.25) is 0 Å². The summed E-state index contributed by atoms with van der Waals surface area (Å²) in [5.41, 5.74) is 2.07. The van der Waals surface area contributed by atoms with Crippen LogP contribution in [0.3, 0.4) is 0 Å². The molecule has 2 rings (SSSR count). The highest BCUT2D eigenvalue weighted by Crippen LogP contribution is 2.22. The first-order valence-corrected chi connectivity index (χ1v) is 8.81. The Kier molecular flexibility index (Phi) is 5.05. The van der Waals surface area contributed by atoms with Gasteiger partial charge in [0.1, 0.15) is 11.3 Å². The highest BCUT2D eigenvalue weighted by molar-refractivity contribution is 7.92. The van der Waals surface area contributed by atoms with E-state index in [0.29, 0.717) is 29.1 Å². The molecule has 0 saturated heterocycles. The molecule has 0 spiro atoms. The third kappa shape index (κ3) is 4.32. The van der Waals surface area contributed by atoms with Gasteiger partial charge in [0.25, 0.3) is 5.91 Å². The molecule has 0 aliphatic heterocycles. The van der Waals surface area contributed by atoms with Crippen molar-refractivity contribution >= 4 is 27.3 Å². The van der Waals surface area contributed by atoms with Crippen molar-refractivity contribution in [2.45, 2.75) is 27.2 Å².